The first-order valence-corrected chi connectivity index (χ1v) is 42.1. The average Bonchev–Trinajstić information content (AvgIpc) is 3.27. The number of carbonyl (C=O) groups excluding carboxylic acids is 2. The summed E-state index contributed by atoms with van der Waals surface area (Å²) in [6, 6.07) is 0. The molecular weight excluding hydrogens is 1200 g/mol. The van der Waals surface area contributed by atoms with E-state index >= 15 is 0 Å². The summed E-state index contributed by atoms with van der Waals surface area (Å²) >= 11 is 0. The molecule has 0 bridgehead atoms. The lowest BCUT2D eigenvalue weighted by atomic mass is 10.0. The summed E-state index contributed by atoms with van der Waals surface area (Å²) in [5, 5.41) is 9.78. The predicted octanol–water partition coefficient (Wildman–Crippen LogP) is 27.2. The monoisotopic (exact) mass is 1360 g/mol. The Morgan fingerprint density at radius 1 is 0.309 bits per heavy atom. The lowest BCUT2D eigenvalue weighted by molar-refractivity contribution is -0.870. The number of esters is 2. The largest absolute Gasteiger partial charge is 0.477 e. The van der Waals surface area contributed by atoms with Crippen LogP contribution in [-0.4, -0.2) is 87.4 Å². The Labute approximate surface area is 602 Å². The molecular formula is C88H162NO8+. The summed E-state index contributed by atoms with van der Waals surface area (Å²) in [6.07, 6.45) is 104. The number of nitrogens with zero attached hydrogens (tertiary/aromatic N) is 1. The number of quaternary nitrogens is 1. The number of hydrogen-bond acceptors (Lipinski definition) is 7. The molecule has 0 radical (unpaired) electrons. The van der Waals surface area contributed by atoms with Gasteiger partial charge in [-0.25, -0.2) is 4.79 Å². The third-order valence-corrected chi connectivity index (χ3v) is 18.9. The van der Waals surface area contributed by atoms with Gasteiger partial charge in [0.2, 0.25) is 0 Å². The summed E-state index contributed by atoms with van der Waals surface area (Å²) in [4.78, 5) is 37.8. The molecule has 2 unspecified atom stereocenters. The molecule has 0 amide bonds. The highest BCUT2D eigenvalue weighted by molar-refractivity contribution is 5.71. The Morgan fingerprint density at radius 3 is 0.825 bits per heavy atom. The zero-order valence-corrected chi connectivity index (χ0v) is 65.0. The smallest absolute Gasteiger partial charge is 0.361 e. The van der Waals surface area contributed by atoms with Crippen molar-refractivity contribution in [2.45, 2.75) is 424 Å². The van der Waals surface area contributed by atoms with Gasteiger partial charge in [0.15, 0.2) is 6.10 Å². The molecule has 0 aliphatic carbocycles. The fraction of sp³-hybridized carbons (Fsp3) is 0.830. The molecule has 1 N–H and O–H groups in total. The maximum atomic E-state index is 13.0. The van der Waals surface area contributed by atoms with Crippen LogP contribution in [0.15, 0.2) is 72.9 Å². The maximum absolute atomic E-state index is 13.0. The van der Waals surface area contributed by atoms with Gasteiger partial charge in [0, 0.05) is 12.8 Å². The van der Waals surface area contributed by atoms with E-state index in [1.165, 1.54) is 321 Å². The summed E-state index contributed by atoms with van der Waals surface area (Å²) in [5.41, 5.74) is 0. The minimum Gasteiger partial charge on any atom is -0.477 e. The number of carbonyl (C=O) groups is 3. The number of carboxylic acid groups (broad SMARTS) is 1. The third-order valence-electron chi connectivity index (χ3n) is 18.9. The van der Waals surface area contributed by atoms with Crippen LogP contribution in [-0.2, 0) is 33.3 Å². The van der Waals surface area contributed by atoms with E-state index in [2.05, 4.69) is 86.8 Å². The van der Waals surface area contributed by atoms with Crippen molar-refractivity contribution in [1.82, 2.24) is 0 Å². The van der Waals surface area contributed by atoms with Crippen molar-refractivity contribution in [2.75, 3.05) is 47.5 Å². The Bertz CT molecular complexity index is 1830. The van der Waals surface area contributed by atoms with Crippen LogP contribution in [0.25, 0.3) is 0 Å². The molecule has 0 aromatic rings. The van der Waals surface area contributed by atoms with Crippen LogP contribution >= 0.6 is 0 Å². The molecule has 0 heterocycles. The van der Waals surface area contributed by atoms with Crippen molar-refractivity contribution in [3.05, 3.63) is 72.9 Å². The van der Waals surface area contributed by atoms with Crippen LogP contribution < -0.4 is 0 Å². The number of carboxylic acids is 1. The number of hydrogen-bond donors (Lipinski definition) is 1. The highest BCUT2D eigenvalue weighted by atomic mass is 16.7. The van der Waals surface area contributed by atoms with E-state index in [1.54, 1.807) is 0 Å². The lowest BCUT2D eigenvalue weighted by Gasteiger charge is -2.25. The van der Waals surface area contributed by atoms with Gasteiger partial charge in [-0.05, 0) is 89.9 Å². The molecule has 0 aliphatic heterocycles. The van der Waals surface area contributed by atoms with Crippen molar-refractivity contribution in [1.29, 1.82) is 0 Å². The molecule has 97 heavy (non-hydrogen) atoms. The average molecular weight is 1360 g/mol. The highest BCUT2D eigenvalue weighted by Gasteiger charge is 2.25. The summed E-state index contributed by atoms with van der Waals surface area (Å²) in [5.74, 6) is -1.98. The second-order valence-corrected chi connectivity index (χ2v) is 29.8. The van der Waals surface area contributed by atoms with Gasteiger partial charge in [0.05, 0.1) is 34.4 Å². The Hall–Kier alpha value is -3.27. The van der Waals surface area contributed by atoms with E-state index in [-0.39, 0.29) is 38.2 Å². The number of unbranched alkanes of at least 4 members (excludes halogenated alkanes) is 52. The number of aliphatic carboxylic acids is 1. The van der Waals surface area contributed by atoms with Crippen LogP contribution in [0, 0.1) is 0 Å². The molecule has 0 rings (SSSR count). The summed E-state index contributed by atoms with van der Waals surface area (Å²) in [7, 11) is 6.00. The SMILES string of the molecule is CCCCCCC/C=C\C/C=C\C/C=C\CCCCCCCCCCCCCCCCCCCCCCCCCCCCC(=O)OC(COC(=O)CCCCCCCCCCCCCCCCCC/C=C\C/C=C\C/C=C\CCCCCCC)COC(OCC[N+](C)(C)C)C(=O)O. The maximum Gasteiger partial charge on any atom is 0.361 e. The normalized spacial score (nSPS) is 13.0. The Morgan fingerprint density at radius 2 is 0.557 bits per heavy atom. The molecule has 0 aromatic heterocycles. The Kier molecular flexibility index (Phi) is 75.8. The highest BCUT2D eigenvalue weighted by Crippen LogP contribution is 2.20. The van der Waals surface area contributed by atoms with Crippen molar-refractivity contribution in [3.63, 3.8) is 0 Å². The third kappa shape index (κ3) is 79.9. The first-order chi connectivity index (χ1) is 47.6. The predicted molar refractivity (Wildman–Crippen MR) is 420 cm³/mol. The molecule has 0 saturated heterocycles. The molecule has 0 fully saturated rings. The molecule has 9 nitrogen and oxygen atoms in total. The lowest BCUT2D eigenvalue weighted by Crippen LogP contribution is -2.40. The van der Waals surface area contributed by atoms with Gasteiger partial charge in [0.25, 0.3) is 6.29 Å². The zero-order chi connectivity index (χ0) is 70.4. The van der Waals surface area contributed by atoms with Crippen LogP contribution in [0.5, 0.6) is 0 Å². The second-order valence-electron chi connectivity index (χ2n) is 29.8. The van der Waals surface area contributed by atoms with Gasteiger partial charge in [-0.15, -0.1) is 0 Å². The van der Waals surface area contributed by atoms with Crippen LogP contribution in [0.2, 0.25) is 0 Å². The zero-order valence-electron chi connectivity index (χ0n) is 65.0. The fourth-order valence-electron chi connectivity index (χ4n) is 12.5. The van der Waals surface area contributed by atoms with E-state index in [0.717, 1.165) is 64.2 Å². The van der Waals surface area contributed by atoms with Gasteiger partial charge in [-0.1, -0.05) is 382 Å². The van der Waals surface area contributed by atoms with E-state index in [1.807, 2.05) is 21.1 Å². The molecule has 0 saturated carbocycles. The van der Waals surface area contributed by atoms with Crippen molar-refractivity contribution in [3.8, 4) is 0 Å². The minimum atomic E-state index is -1.51. The number of ether oxygens (including phenoxy) is 4. The van der Waals surface area contributed by atoms with Crippen LogP contribution in [0.1, 0.15) is 412 Å². The van der Waals surface area contributed by atoms with E-state index in [0.29, 0.717) is 17.4 Å². The van der Waals surface area contributed by atoms with Crippen LogP contribution in [0.3, 0.4) is 0 Å². The van der Waals surface area contributed by atoms with E-state index in [4.69, 9.17) is 18.9 Å². The van der Waals surface area contributed by atoms with Gasteiger partial charge in [0.1, 0.15) is 13.2 Å². The van der Waals surface area contributed by atoms with Crippen molar-refractivity contribution in [2.24, 2.45) is 0 Å². The molecule has 9 heteroatoms. The number of allylic oxidation sites excluding steroid dienone is 12. The van der Waals surface area contributed by atoms with E-state index in [9.17, 15) is 19.5 Å². The van der Waals surface area contributed by atoms with Gasteiger partial charge in [-0.3, -0.25) is 9.59 Å². The second kappa shape index (κ2) is 78.4. The van der Waals surface area contributed by atoms with Crippen LogP contribution in [0.4, 0.5) is 0 Å². The molecule has 566 valence electrons. The first-order valence-electron chi connectivity index (χ1n) is 42.1. The topological polar surface area (TPSA) is 108 Å². The molecule has 0 aliphatic rings. The van der Waals surface area contributed by atoms with Crippen molar-refractivity contribution >= 4 is 17.9 Å². The first kappa shape index (κ1) is 93.7. The van der Waals surface area contributed by atoms with E-state index < -0.39 is 18.4 Å². The van der Waals surface area contributed by atoms with Crippen molar-refractivity contribution < 1.29 is 42.9 Å². The molecule has 2 atom stereocenters. The summed E-state index contributed by atoms with van der Waals surface area (Å²) < 4.78 is 23.1. The summed E-state index contributed by atoms with van der Waals surface area (Å²) in [6.45, 7) is 4.92. The molecule has 0 aromatic carbocycles. The minimum absolute atomic E-state index is 0.178. The van der Waals surface area contributed by atoms with Gasteiger partial charge < -0.3 is 28.5 Å². The number of likely N-dealkylation sites (N-methyl/N-ethyl adjacent to an activating group) is 1. The number of rotatable bonds is 79. The quantitative estimate of drug-likeness (QED) is 0.0211. The Balaban J connectivity index is 3.95. The molecule has 0 spiro atoms. The fourth-order valence-corrected chi connectivity index (χ4v) is 12.5. The van der Waals surface area contributed by atoms with Gasteiger partial charge in [-0.2, -0.15) is 0 Å². The van der Waals surface area contributed by atoms with Gasteiger partial charge >= 0.3 is 17.9 Å². The standard InChI is InChI=1S/C88H161NO8/c1-6-8-10-12-14-16-18-20-22-24-26-28-30-32-34-36-38-39-40-41-42-43-44-45-46-47-49-51-53-55-57-59-61-63-65-67-69-71-73-75-77-79-86(91)97-84(83-96-88(87(92)93)94-81-80-89(3,4)5)82-95-85(90)78-76-74-72-70-68-66-64-62-60-58-56-54-52-50-48-37-35-33-31-29-27-25-23-21-19-17-15-13-11-9-7-2/h18-21,24-27,30-33,84,88H,6-17,22-23,28-29,34-83H2,1-5H3/p+1/b20-18-,21-19-,26-24-,27-25-,32-30-,33-31-.